The first-order valence-electron chi connectivity index (χ1n) is 7.35. The molecule has 0 aliphatic heterocycles. The van der Waals surface area contributed by atoms with Crippen molar-refractivity contribution in [1.82, 2.24) is 4.98 Å². The summed E-state index contributed by atoms with van der Waals surface area (Å²) in [6, 6.07) is 13.6. The number of benzene rings is 2. The van der Waals surface area contributed by atoms with Crippen LogP contribution in [0.15, 0.2) is 53.3 Å². The van der Waals surface area contributed by atoms with E-state index in [1.54, 1.807) is 55.6 Å². The lowest BCUT2D eigenvalue weighted by atomic mass is 10.2. The minimum Gasteiger partial charge on any atom is -0.370 e. The van der Waals surface area contributed by atoms with Crippen LogP contribution >= 0.6 is 11.3 Å². The van der Waals surface area contributed by atoms with Gasteiger partial charge in [-0.1, -0.05) is 29.5 Å². The first kappa shape index (κ1) is 16.6. The number of hydrogen-bond acceptors (Lipinski definition) is 5. The van der Waals surface area contributed by atoms with E-state index in [0.29, 0.717) is 27.3 Å². The van der Waals surface area contributed by atoms with Crippen molar-refractivity contribution in [2.45, 2.75) is 0 Å². The molecular formula is C17H15N5O2S. The molecule has 4 N–H and O–H groups in total. The Labute approximate surface area is 147 Å². The molecule has 0 spiro atoms. The molecule has 0 aliphatic rings. The number of carbonyl (C=O) groups excluding carboxylic acids is 1. The number of nitrogens with one attached hydrogen (secondary N) is 2. The standard InChI is InChI=1S/C17H15N5O2S/c1-22(14(23)10-5-4-6-11(9-10)20-16(18)19)17-21-13-8-3-2-7-12(13)15(24)25-17/h2-9H,1H3,(H4,18,19,20). The lowest BCUT2D eigenvalue weighted by Gasteiger charge is -2.16. The number of amides is 1. The van der Waals surface area contributed by atoms with Crippen LogP contribution in [0.1, 0.15) is 10.4 Å². The Kier molecular flexibility index (Phi) is 4.44. The molecule has 25 heavy (non-hydrogen) atoms. The molecule has 1 heterocycles. The molecule has 0 radical (unpaired) electrons. The predicted molar refractivity (Wildman–Crippen MR) is 101 cm³/mol. The van der Waals surface area contributed by atoms with Crippen molar-refractivity contribution in [3.63, 3.8) is 0 Å². The van der Waals surface area contributed by atoms with Gasteiger partial charge in [-0.2, -0.15) is 0 Å². The molecule has 0 unspecified atom stereocenters. The quantitative estimate of drug-likeness (QED) is 0.494. The van der Waals surface area contributed by atoms with Crippen molar-refractivity contribution >= 4 is 44.9 Å². The monoisotopic (exact) mass is 353 g/mol. The van der Waals surface area contributed by atoms with Gasteiger partial charge in [-0.15, -0.1) is 0 Å². The van der Waals surface area contributed by atoms with Gasteiger partial charge in [-0.05, 0) is 30.3 Å². The van der Waals surface area contributed by atoms with Crippen LogP contribution in [0.2, 0.25) is 0 Å². The van der Waals surface area contributed by atoms with Gasteiger partial charge in [0.05, 0.1) is 10.9 Å². The van der Waals surface area contributed by atoms with Gasteiger partial charge < -0.3 is 11.1 Å². The molecule has 1 amide bonds. The smallest absolute Gasteiger partial charge is 0.259 e. The zero-order chi connectivity index (χ0) is 18.0. The molecule has 0 saturated heterocycles. The number of hydrogen-bond donors (Lipinski definition) is 3. The van der Waals surface area contributed by atoms with Crippen molar-refractivity contribution in [2.24, 2.45) is 5.73 Å². The molecule has 126 valence electrons. The summed E-state index contributed by atoms with van der Waals surface area (Å²) in [6.45, 7) is 0. The van der Waals surface area contributed by atoms with Crippen LogP contribution in [-0.4, -0.2) is 23.9 Å². The van der Waals surface area contributed by atoms with Crippen LogP contribution in [0.3, 0.4) is 0 Å². The first-order chi connectivity index (χ1) is 12.0. The minimum absolute atomic E-state index is 0.146. The van der Waals surface area contributed by atoms with Gasteiger partial charge >= 0.3 is 0 Å². The molecule has 0 aliphatic carbocycles. The zero-order valence-corrected chi connectivity index (χ0v) is 14.1. The number of guanidine groups is 1. The summed E-state index contributed by atoms with van der Waals surface area (Å²) in [5.41, 5.74) is 6.78. The Morgan fingerprint density at radius 2 is 2.00 bits per heavy atom. The Bertz CT molecular complexity index is 1030. The third-order valence-electron chi connectivity index (χ3n) is 3.50. The first-order valence-corrected chi connectivity index (χ1v) is 8.16. The van der Waals surface area contributed by atoms with E-state index >= 15 is 0 Å². The number of anilines is 2. The average molecular weight is 353 g/mol. The fraction of sp³-hybridized carbons (Fsp3) is 0.0588. The van der Waals surface area contributed by atoms with Crippen LogP contribution in [0.25, 0.3) is 10.9 Å². The maximum Gasteiger partial charge on any atom is 0.259 e. The van der Waals surface area contributed by atoms with Gasteiger partial charge in [0.1, 0.15) is 0 Å². The maximum atomic E-state index is 12.7. The number of carbonyl (C=O) groups is 1. The molecule has 0 atom stereocenters. The summed E-state index contributed by atoms with van der Waals surface area (Å²) < 4.78 is -0.146. The van der Waals surface area contributed by atoms with E-state index in [4.69, 9.17) is 11.1 Å². The van der Waals surface area contributed by atoms with Crippen molar-refractivity contribution < 1.29 is 4.79 Å². The number of nitrogens with two attached hydrogens (primary N) is 1. The largest absolute Gasteiger partial charge is 0.370 e. The van der Waals surface area contributed by atoms with Gasteiger partial charge in [0.2, 0.25) is 4.74 Å². The second kappa shape index (κ2) is 6.70. The highest BCUT2D eigenvalue weighted by molar-refractivity contribution is 7.13. The highest BCUT2D eigenvalue weighted by Crippen LogP contribution is 2.20. The molecule has 0 bridgehead atoms. The zero-order valence-electron chi connectivity index (χ0n) is 13.3. The van der Waals surface area contributed by atoms with E-state index in [0.717, 1.165) is 11.3 Å². The van der Waals surface area contributed by atoms with E-state index in [1.807, 2.05) is 0 Å². The molecule has 0 saturated carbocycles. The van der Waals surface area contributed by atoms with Crippen molar-refractivity contribution in [2.75, 3.05) is 17.3 Å². The molecule has 0 fully saturated rings. The molecule has 2 aromatic carbocycles. The second-order valence-corrected chi connectivity index (χ2v) is 6.22. The highest BCUT2D eigenvalue weighted by atomic mass is 32.1. The van der Waals surface area contributed by atoms with Crippen molar-refractivity contribution in [1.29, 1.82) is 5.41 Å². The van der Waals surface area contributed by atoms with Crippen LogP contribution in [-0.2, 0) is 0 Å². The Balaban J connectivity index is 1.95. The Hall–Kier alpha value is -3.26. The number of nitrogens with zero attached hydrogens (tertiary/aromatic N) is 2. The van der Waals surface area contributed by atoms with E-state index in [-0.39, 0.29) is 16.6 Å². The van der Waals surface area contributed by atoms with Gasteiger partial charge in [-0.3, -0.25) is 19.9 Å². The molecular weight excluding hydrogens is 338 g/mol. The second-order valence-electron chi connectivity index (χ2n) is 5.28. The maximum absolute atomic E-state index is 12.7. The summed E-state index contributed by atoms with van der Waals surface area (Å²) >= 11 is 0.921. The van der Waals surface area contributed by atoms with Gasteiger partial charge in [0.15, 0.2) is 11.1 Å². The topological polar surface area (TPSA) is 112 Å². The number of para-hydroxylation sites is 1. The summed E-state index contributed by atoms with van der Waals surface area (Å²) in [6.07, 6.45) is 0. The number of rotatable bonds is 3. The Morgan fingerprint density at radius 3 is 2.76 bits per heavy atom. The lowest BCUT2D eigenvalue weighted by Crippen LogP contribution is -2.27. The number of aromatic nitrogens is 1. The van der Waals surface area contributed by atoms with E-state index in [2.05, 4.69) is 10.3 Å². The molecule has 3 aromatic rings. The lowest BCUT2D eigenvalue weighted by molar-refractivity contribution is 0.0993. The summed E-state index contributed by atoms with van der Waals surface area (Å²) in [4.78, 5) is 30.7. The normalized spacial score (nSPS) is 10.4. The van der Waals surface area contributed by atoms with Crippen LogP contribution in [0, 0.1) is 5.41 Å². The van der Waals surface area contributed by atoms with Crippen LogP contribution in [0.5, 0.6) is 0 Å². The minimum atomic E-state index is -0.314. The van der Waals surface area contributed by atoms with Crippen molar-refractivity contribution in [3.8, 4) is 0 Å². The predicted octanol–water partition coefficient (Wildman–Crippen LogP) is 2.24. The van der Waals surface area contributed by atoms with Crippen molar-refractivity contribution in [3.05, 3.63) is 63.6 Å². The molecule has 3 rings (SSSR count). The average Bonchev–Trinajstić information content (AvgIpc) is 2.60. The van der Waals surface area contributed by atoms with Crippen LogP contribution in [0.4, 0.5) is 10.8 Å². The summed E-state index contributed by atoms with van der Waals surface area (Å²) in [5, 5.41) is 10.7. The van der Waals surface area contributed by atoms with E-state index < -0.39 is 0 Å². The summed E-state index contributed by atoms with van der Waals surface area (Å²) in [7, 11) is 1.57. The molecule has 8 heteroatoms. The molecule has 7 nitrogen and oxygen atoms in total. The third kappa shape index (κ3) is 3.48. The highest BCUT2D eigenvalue weighted by Gasteiger charge is 2.17. The summed E-state index contributed by atoms with van der Waals surface area (Å²) in [5.74, 6) is -0.530. The SMILES string of the molecule is CN(C(=O)c1cccc(NC(=N)N)c1)c1nc2ccccc2c(=O)s1. The van der Waals surface area contributed by atoms with Gasteiger partial charge in [-0.25, -0.2) is 4.98 Å². The van der Waals surface area contributed by atoms with Gasteiger partial charge in [0.25, 0.3) is 5.91 Å². The fourth-order valence-corrected chi connectivity index (χ4v) is 3.13. The Morgan fingerprint density at radius 1 is 1.24 bits per heavy atom. The van der Waals surface area contributed by atoms with E-state index in [1.165, 1.54) is 4.90 Å². The van der Waals surface area contributed by atoms with E-state index in [9.17, 15) is 9.59 Å². The fourth-order valence-electron chi connectivity index (χ4n) is 2.32. The number of fused-ring (bicyclic) bond motifs is 1. The molecule has 1 aromatic heterocycles. The van der Waals surface area contributed by atoms with Crippen LogP contribution < -0.4 is 20.7 Å². The van der Waals surface area contributed by atoms with Gasteiger partial charge in [0, 0.05) is 18.3 Å². The third-order valence-corrected chi connectivity index (χ3v) is 4.46.